The fraction of sp³-hybridized carbons (Fsp3) is 0.800. The van der Waals surface area contributed by atoms with Gasteiger partial charge < -0.3 is 15.3 Å². The van der Waals surface area contributed by atoms with Crippen molar-refractivity contribution in [3.05, 3.63) is 11.8 Å². The van der Waals surface area contributed by atoms with Gasteiger partial charge in [-0.3, -0.25) is 4.90 Å². The Balaban J connectivity index is 4.17. The minimum Gasteiger partial charge on any atom is -0.356 e. The van der Waals surface area contributed by atoms with Gasteiger partial charge in [0.15, 0.2) is 0 Å². The Morgan fingerprint density at radius 2 is 2.19 bits per heavy atom. The largest absolute Gasteiger partial charge is 0.356 e. The number of nitrogens with zero attached hydrogens (tertiary/aromatic N) is 1. The van der Waals surface area contributed by atoms with Crippen molar-refractivity contribution >= 4 is 22.6 Å². The summed E-state index contributed by atoms with van der Waals surface area (Å²) in [5, 5.41) is 9.70. The van der Waals surface area contributed by atoms with E-state index in [9.17, 15) is 5.11 Å². The van der Waals surface area contributed by atoms with Crippen LogP contribution in [0.2, 0.25) is 0 Å². The molecule has 0 saturated heterocycles. The van der Waals surface area contributed by atoms with Gasteiger partial charge in [0.1, 0.15) is 0 Å². The average Bonchev–Trinajstić information content (AvgIpc) is 2.17. The molecule has 0 spiro atoms. The number of aliphatic hydroxyl groups excluding tert-OH is 1. The molecule has 1 unspecified atom stereocenters. The van der Waals surface area contributed by atoms with Gasteiger partial charge in [0.2, 0.25) is 6.41 Å². The first-order valence-corrected chi connectivity index (χ1v) is 6.75. The first kappa shape index (κ1) is 16.1. The molecule has 0 aromatic rings. The number of alkyl halides is 1. The van der Waals surface area contributed by atoms with Crippen molar-refractivity contribution in [3.8, 4) is 0 Å². The van der Waals surface area contributed by atoms with Crippen LogP contribution in [0.4, 0.5) is 0 Å². The number of allylic oxidation sites excluding steroid dienone is 1. The minimum atomic E-state index is -0.878. The second-order valence-corrected chi connectivity index (χ2v) is 4.57. The lowest BCUT2D eigenvalue weighted by Gasteiger charge is -2.26. The number of ether oxygens (including phenoxy) is 1. The Morgan fingerprint density at radius 1 is 1.56 bits per heavy atom. The van der Waals surface area contributed by atoms with E-state index in [1.165, 1.54) is 0 Å². The predicted octanol–water partition coefficient (Wildman–Crippen LogP) is 0.662. The van der Waals surface area contributed by atoms with Crippen molar-refractivity contribution in [2.45, 2.75) is 26.4 Å². The summed E-state index contributed by atoms with van der Waals surface area (Å²) in [4.78, 5) is 1.72. The van der Waals surface area contributed by atoms with Gasteiger partial charge in [-0.2, -0.15) is 0 Å². The zero-order valence-corrected chi connectivity index (χ0v) is 12.5. The zero-order valence-electron chi connectivity index (χ0n) is 10.3. The summed E-state index contributed by atoms with van der Waals surface area (Å²) in [6, 6.07) is 0. The van der Waals surface area contributed by atoms with Crippen molar-refractivity contribution < 1.29 is 9.84 Å². The summed E-state index contributed by atoms with van der Waals surface area (Å²) in [5.74, 6) is 0. The smallest absolute Gasteiger partial charge is 0.216 e. The van der Waals surface area contributed by atoms with Crippen LogP contribution in [0, 0.1) is 0 Å². The first-order chi connectivity index (χ1) is 7.51. The molecule has 0 radical (unpaired) electrons. The van der Waals surface area contributed by atoms with Gasteiger partial charge in [0, 0.05) is 23.7 Å². The SMILES string of the molecule is CNN/C(=C\CI)CN(C)C(O)OC(C)C. The van der Waals surface area contributed by atoms with E-state index < -0.39 is 6.41 Å². The van der Waals surface area contributed by atoms with Crippen LogP contribution in [-0.4, -0.2) is 47.6 Å². The van der Waals surface area contributed by atoms with Crippen LogP contribution in [-0.2, 0) is 4.74 Å². The van der Waals surface area contributed by atoms with Gasteiger partial charge in [-0.25, -0.2) is 5.43 Å². The number of aliphatic hydroxyl groups is 1. The number of halogens is 1. The molecule has 0 aliphatic rings. The number of hydrazine groups is 1. The van der Waals surface area contributed by atoms with Crippen LogP contribution in [0.1, 0.15) is 13.8 Å². The van der Waals surface area contributed by atoms with Gasteiger partial charge in [-0.15, -0.1) is 0 Å². The van der Waals surface area contributed by atoms with Crippen LogP contribution < -0.4 is 10.9 Å². The minimum absolute atomic E-state index is 0.00622. The van der Waals surface area contributed by atoms with E-state index in [1.807, 2.05) is 27.9 Å². The topological polar surface area (TPSA) is 56.8 Å². The van der Waals surface area contributed by atoms with Gasteiger partial charge >= 0.3 is 0 Å². The molecule has 0 amide bonds. The molecule has 0 aromatic carbocycles. The first-order valence-electron chi connectivity index (χ1n) is 5.22. The predicted molar refractivity (Wildman–Crippen MR) is 74.0 cm³/mol. The second kappa shape index (κ2) is 9.17. The second-order valence-electron chi connectivity index (χ2n) is 3.68. The van der Waals surface area contributed by atoms with Crippen molar-refractivity contribution in [3.63, 3.8) is 0 Å². The molecular formula is C10H22IN3O2. The molecule has 96 valence electrons. The molecule has 0 aromatic heterocycles. The zero-order chi connectivity index (χ0) is 12.6. The van der Waals surface area contributed by atoms with Crippen LogP contribution in [0.5, 0.6) is 0 Å². The van der Waals surface area contributed by atoms with E-state index in [4.69, 9.17) is 4.74 Å². The maximum Gasteiger partial charge on any atom is 0.216 e. The standard InChI is InChI=1S/C10H22IN3O2/c1-8(2)16-10(15)14(4)7-9(5-6-11)13-12-3/h5,8,10,12-13,15H,6-7H2,1-4H3/b9-5-. The number of hydrogen-bond acceptors (Lipinski definition) is 5. The number of hydrogen-bond donors (Lipinski definition) is 3. The average molecular weight is 343 g/mol. The highest BCUT2D eigenvalue weighted by atomic mass is 127. The van der Waals surface area contributed by atoms with Crippen LogP contribution in [0.25, 0.3) is 0 Å². The van der Waals surface area contributed by atoms with Gasteiger partial charge in [0.05, 0.1) is 6.10 Å². The number of nitrogens with one attached hydrogen (secondary N) is 2. The summed E-state index contributed by atoms with van der Waals surface area (Å²) >= 11 is 2.27. The molecule has 0 fully saturated rings. The Bertz CT molecular complexity index is 212. The van der Waals surface area contributed by atoms with E-state index in [2.05, 4.69) is 39.5 Å². The Kier molecular flexibility index (Phi) is 9.24. The molecule has 16 heavy (non-hydrogen) atoms. The fourth-order valence-corrected chi connectivity index (χ4v) is 1.63. The maximum absolute atomic E-state index is 9.70. The third-order valence-corrected chi connectivity index (χ3v) is 2.24. The normalized spacial score (nSPS) is 14.6. The lowest BCUT2D eigenvalue weighted by atomic mass is 10.4. The highest BCUT2D eigenvalue weighted by Gasteiger charge is 2.14. The van der Waals surface area contributed by atoms with Crippen LogP contribution in [0.3, 0.4) is 0 Å². The molecule has 1 atom stereocenters. The molecule has 0 saturated carbocycles. The van der Waals surface area contributed by atoms with Crippen molar-refractivity contribution in [1.82, 2.24) is 15.8 Å². The number of rotatable bonds is 8. The Hall–Kier alpha value is 0.110. The summed E-state index contributed by atoms with van der Waals surface area (Å²) < 4.78 is 6.19. The van der Waals surface area contributed by atoms with Crippen molar-refractivity contribution in [2.75, 3.05) is 25.1 Å². The Labute approximate surface area is 111 Å². The van der Waals surface area contributed by atoms with Crippen LogP contribution in [0.15, 0.2) is 11.8 Å². The summed E-state index contributed by atoms with van der Waals surface area (Å²) in [7, 11) is 3.62. The van der Waals surface area contributed by atoms with Gasteiger partial charge in [-0.05, 0) is 20.9 Å². The third kappa shape index (κ3) is 7.39. The van der Waals surface area contributed by atoms with E-state index >= 15 is 0 Å². The van der Waals surface area contributed by atoms with Gasteiger partial charge in [0.25, 0.3) is 0 Å². The Morgan fingerprint density at radius 3 is 2.62 bits per heavy atom. The highest BCUT2D eigenvalue weighted by molar-refractivity contribution is 14.1. The molecule has 6 heteroatoms. The molecular weight excluding hydrogens is 321 g/mol. The fourth-order valence-electron chi connectivity index (χ4n) is 1.10. The van der Waals surface area contributed by atoms with E-state index in [0.717, 1.165) is 10.1 Å². The highest BCUT2D eigenvalue weighted by Crippen LogP contribution is 2.02. The molecule has 0 rings (SSSR count). The summed E-state index contributed by atoms with van der Waals surface area (Å²) in [5.41, 5.74) is 6.89. The van der Waals surface area contributed by atoms with E-state index in [0.29, 0.717) is 6.54 Å². The molecule has 0 bridgehead atoms. The van der Waals surface area contributed by atoms with Crippen LogP contribution >= 0.6 is 22.6 Å². The summed E-state index contributed by atoms with van der Waals surface area (Å²) in [6.45, 7) is 4.38. The van der Waals surface area contributed by atoms with E-state index in [-0.39, 0.29) is 6.10 Å². The summed E-state index contributed by atoms with van der Waals surface area (Å²) in [6.07, 6.45) is 1.18. The molecule has 0 aliphatic heterocycles. The van der Waals surface area contributed by atoms with Crippen molar-refractivity contribution in [1.29, 1.82) is 0 Å². The molecule has 0 aliphatic carbocycles. The molecule has 5 nitrogen and oxygen atoms in total. The maximum atomic E-state index is 9.70. The van der Waals surface area contributed by atoms with E-state index in [1.54, 1.807) is 4.90 Å². The quantitative estimate of drug-likeness (QED) is 0.262. The molecule has 3 N–H and O–H groups in total. The lowest BCUT2D eigenvalue weighted by molar-refractivity contribution is -0.201. The van der Waals surface area contributed by atoms with Crippen molar-refractivity contribution in [2.24, 2.45) is 0 Å². The molecule has 0 heterocycles. The van der Waals surface area contributed by atoms with Gasteiger partial charge in [-0.1, -0.05) is 28.7 Å². The number of likely N-dealkylation sites (N-methyl/N-ethyl adjacent to an activating group) is 1. The monoisotopic (exact) mass is 343 g/mol. The lowest BCUT2D eigenvalue weighted by Crippen LogP contribution is -2.40. The third-order valence-electron chi connectivity index (χ3n) is 1.80.